The lowest BCUT2D eigenvalue weighted by molar-refractivity contribution is 0.0488. The Morgan fingerprint density at radius 3 is 2.81 bits per heavy atom. The molecule has 4 nitrogen and oxygen atoms in total. The van der Waals surface area contributed by atoms with E-state index in [0.717, 1.165) is 30.5 Å². The average molecular weight is 290 g/mol. The molecule has 2 rings (SSSR count). The molecule has 1 aliphatic heterocycles. The van der Waals surface area contributed by atoms with Gasteiger partial charge in [0.2, 0.25) is 0 Å². The van der Waals surface area contributed by atoms with Crippen LogP contribution in [0.3, 0.4) is 0 Å². The van der Waals surface area contributed by atoms with E-state index < -0.39 is 0 Å². The minimum atomic E-state index is 0.0845. The van der Waals surface area contributed by atoms with E-state index in [1.54, 1.807) is 0 Å². The third-order valence-electron chi connectivity index (χ3n) is 4.17. The summed E-state index contributed by atoms with van der Waals surface area (Å²) in [4.78, 5) is 16.7. The summed E-state index contributed by atoms with van der Waals surface area (Å²) in [6.45, 7) is 3.75. The first-order chi connectivity index (χ1) is 10.0. The number of aliphatic hydroxyl groups excluding tert-OH is 1. The minimum Gasteiger partial charge on any atom is -0.396 e. The van der Waals surface area contributed by atoms with E-state index in [1.165, 1.54) is 0 Å². The number of hydrogen-bond donors (Lipinski definition) is 1. The maximum absolute atomic E-state index is 12.7. The van der Waals surface area contributed by atoms with Gasteiger partial charge in [-0.3, -0.25) is 4.79 Å². The monoisotopic (exact) mass is 290 g/mol. The zero-order valence-corrected chi connectivity index (χ0v) is 13.2. The summed E-state index contributed by atoms with van der Waals surface area (Å²) in [6, 6.07) is 8.11. The van der Waals surface area contributed by atoms with Crippen molar-refractivity contribution in [3.63, 3.8) is 0 Å². The van der Waals surface area contributed by atoms with E-state index in [2.05, 4.69) is 11.8 Å². The molecule has 21 heavy (non-hydrogen) atoms. The first kappa shape index (κ1) is 16.0. The third kappa shape index (κ3) is 4.05. The van der Waals surface area contributed by atoms with E-state index in [1.807, 2.05) is 43.3 Å². The van der Waals surface area contributed by atoms with Gasteiger partial charge in [-0.25, -0.2) is 0 Å². The molecule has 4 heteroatoms. The van der Waals surface area contributed by atoms with Crippen LogP contribution in [-0.2, 0) is 6.54 Å². The van der Waals surface area contributed by atoms with E-state index in [-0.39, 0.29) is 24.5 Å². The van der Waals surface area contributed by atoms with Crippen LogP contribution in [0.1, 0.15) is 35.7 Å². The van der Waals surface area contributed by atoms with Gasteiger partial charge in [-0.2, -0.15) is 0 Å². The van der Waals surface area contributed by atoms with E-state index >= 15 is 0 Å². The van der Waals surface area contributed by atoms with Crippen molar-refractivity contribution in [3.8, 4) is 0 Å². The van der Waals surface area contributed by atoms with Crippen molar-refractivity contribution in [2.75, 3.05) is 27.2 Å². The van der Waals surface area contributed by atoms with Gasteiger partial charge in [-0.1, -0.05) is 12.1 Å². The zero-order chi connectivity index (χ0) is 15.4. The first-order valence-electron chi connectivity index (χ1n) is 7.66. The Kier molecular flexibility index (Phi) is 5.37. The standard InChI is InChI=1S/C17H26N2O2/c1-13-7-8-15(12-20)11-19(13)17(21)16-6-4-5-14(9-16)10-18(2)3/h4-6,9,13,15,20H,7-8,10-12H2,1-3H3. The molecule has 1 aromatic carbocycles. The van der Waals surface area contributed by atoms with Crippen LogP contribution in [0, 0.1) is 5.92 Å². The van der Waals surface area contributed by atoms with Crippen LogP contribution in [0.15, 0.2) is 24.3 Å². The number of rotatable bonds is 4. The number of benzene rings is 1. The minimum absolute atomic E-state index is 0.0845. The maximum atomic E-state index is 12.7. The van der Waals surface area contributed by atoms with Crippen molar-refractivity contribution in [1.29, 1.82) is 0 Å². The Bertz CT molecular complexity index is 487. The third-order valence-corrected chi connectivity index (χ3v) is 4.17. The molecule has 0 aromatic heterocycles. The predicted molar refractivity (Wildman–Crippen MR) is 84.1 cm³/mol. The Hall–Kier alpha value is -1.39. The highest BCUT2D eigenvalue weighted by atomic mass is 16.3. The number of amides is 1. The summed E-state index contributed by atoms with van der Waals surface area (Å²) >= 11 is 0. The molecule has 1 aromatic rings. The van der Waals surface area contributed by atoms with Gasteiger partial charge in [-0.05, 0) is 57.5 Å². The SMILES string of the molecule is CC1CCC(CO)CN1C(=O)c1cccc(CN(C)C)c1. The van der Waals surface area contributed by atoms with Gasteiger partial charge in [-0.15, -0.1) is 0 Å². The second kappa shape index (κ2) is 7.05. The number of carbonyl (C=O) groups is 1. The fourth-order valence-electron chi connectivity index (χ4n) is 2.95. The summed E-state index contributed by atoms with van der Waals surface area (Å²) in [5.41, 5.74) is 1.90. The molecule has 0 spiro atoms. The van der Waals surface area contributed by atoms with Crippen LogP contribution >= 0.6 is 0 Å². The van der Waals surface area contributed by atoms with Crippen molar-refractivity contribution < 1.29 is 9.90 Å². The Morgan fingerprint density at radius 2 is 2.14 bits per heavy atom. The van der Waals surface area contributed by atoms with Crippen LogP contribution < -0.4 is 0 Å². The van der Waals surface area contributed by atoms with Crippen LogP contribution in [0.4, 0.5) is 0 Å². The summed E-state index contributed by atoms with van der Waals surface area (Å²) < 4.78 is 0. The van der Waals surface area contributed by atoms with Gasteiger partial charge in [0.05, 0.1) is 0 Å². The molecule has 1 heterocycles. The molecule has 2 unspecified atom stereocenters. The molecular weight excluding hydrogens is 264 g/mol. The molecule has 0 bridgehead atoms. The molecule has 1 fully saturated rings. The normalized spacial score (nSPS) is 22.6. The van der Waals surface area contributed by atoms with Gasteiger partial charge in [0.25, 0.3) is 5.91 Å². The lowest BCUT2D eigenvalue weighted by Crippen LogP contribution is -2.46. The molecule has 0 radical (unpaired) electrons. The smallest absolute Gasteiger partial charge is 0.254 e. The summed E-state index contributed by atoms with van der Waals surface area (Å²) in [5, 5.41) is 9.35. The number of piperidine rings is 1. The number of carbonyl (C=O) groups excluding carboxylic acids is 1. The number of aliphatic hydroxyl groups is 1. The lowest BCUT2D eigenvalue weighted by atomic mass is 9.93. The average Bonchev–Trinajstić information content (AvgIpc) is 2.46. The Labute approximate surface area is 127 Å². The fraction of sp³-hybridized carbons (Fsp3) is 0.588. The quantitative estimate of drug-likeness (QED) is 0.922. The molecule has 1 N–H and O–H groups in total. The Morgan fingerprint density at radius 1 is 1.38 bits per heavy atom. The van der Waals surface area contributed by atoms with E-state index in [9.17, 15) is 9.90 Å². The van der Waals surface area contributed by atoms with Crippen molar-refractivity contribution in [2.45, 2.75) is 32.4 Å². The van der Waals surface area contributed by atoms with E-state index in [0.29, 0.717) is 6.54 Å². The van der Waals surface area contributed by atoms with Gasteiger partial charge in [0.1, 0.15) is 0 Å². The van der Waals surface area contributed by atoms with Crippen molar-refractivity contribution >= 4 is 5.91 Å². The van der Waals surface area contributed by atoms with Crippen LogP contribution in [0.25, 0.3) is 0 Å². The van der Waals surface area contributed by atoms with Gasteiger partial charge in [0.15, 0.2) is 0 Å². The molecule has 0 aliphatic carbocycles. The summed E-state index contributed by atoms with van der Waals surface area (Å²) in [7, 11) is 4.04. The number of likely N-dealkylation sites (tertiary alicyclic amines) is 1. The highest BCUT2D eigenvalue weighted by Gasteiger charge is 2.29. The molecule has 1 saturated heterocycles. The van der Waals surface area contributed by atoms with E-state index in [4.69, 9.17) is 0 Å². The Balaban J connectivity index is 2.14. The summed E-state index contributed by atoms with van der Waals surface area (Å²) in [5.74, 6) is 0.302. The zero-order valence-electron chi connectivity index (χ0n) is 13.2. The van der Waals surface area contributed by atoms with Gasteiger partial charge < -0.3 is 14.9 Å². The highest BCUT2D eigenvalue weighted by Crippen LogP contribution is 2.23. The molecule has 2 atom stereocenters. The highest BCUT2D eigenvalue weighted by molar-refractivity contribution is 5.94. The molecule has 1 aliphatic rings. The van der Waals surface area contributed by atoms with Crippen molar-refractivity contribution in [2.24, 2.45) is 5.92 Å². The summed E-state index contributed by atoms with van der Waals surface area (Å²) in [6.07, 6.45) is 1.97. The van der Waals surface area contributed by atoms with Crippen LogP contribution in [0.2, 0.25) is 0 Å². The van der Waals surface area contributed by atoms with Crippen LogP contribution in [0.5, 0.6) is 0 Å². The van der Waals surface area contributed by atoms with Crippen LogP contribution in [-0.4, -0.2) is 54.1 Å². The van der Waals surface area contributed by atoms with Crippen molar-refractivity contribution in [1.82, 2.24) is 9.80 Å². The van der Waals surface area contributed by atoms with Crippen molar-refractivity contribution in [3.05, 3.63) is 35.4 Å². The first-order valence-corrected chi connectivity index (χ1v) is 7.66. The predicted octanol–water partition coefficient (Wildman–Crippen LogP) is 1.98. The molecular formula is C17H26N2O2. The molecule has 116 valence electrons. The number of nitrogens with zero attached hydrogens (tertiary/aromatic N) is 2. The lowest BCUT2D eigenvalue weighted by Gasteiger charge is -2.37. The van der Waals surface area contributed by atoms with Gasteiger partial charge >= 0.3 is 0 Å². The molecule has 1 amide bonds. The largest absolute Gasteiger partial charge is 0.396 e. The fourth-order valence-corrected chi connectivity index (χ4v) is 2.95. The second-order valence-electron chi connectivity index (χ2n) is 6.37. The van der Waals surface area contributed by atoms with Gasteiger partial charge in [0, 0.05) is 31.3 Å². The number of hydrogen-bond acceptors (Lipinski definition) is 3. The second-order valence-corrected chi connectivity index (χ2v) is 6.37. The maximum Gasteiger partial charge on any atom is 0.254 e. The topological polar surface area (TPSA) is 43.8 Å². The molecule has 0 saturated carbocycles.